The Morgan fingerprint density at radius 2 is 2.24 bits per heavy atom. The summed E-state index contributed by atoms with van der Waals surface area (Å²) in [5, 5.41) is 22.2. The number of amides is 1. The summed E-state index contributed by atoms with van der Waals surface area (Å²) in [7, 11) is 0. The highest BCUT2D eigenvalue weighted by Gasteiger charge is 2.20. The average molecular weight is 328 g/mol. The van der Waals surface area contributed by atoms with Crippen molar-refractivity contribution in [2.45, 2.75) is 6.42 Å². The smallest absolute Gasteiger partial charge is 0.283 e. The number of benzene rings is 1. The van der Waals surface area contributed by atoms with Crippen molar-refractivity contribution in [2.75, 3.05) is 12.3 Å². The van der Waals surface area contributed by atoms with Gasteiger partial charge in [0.05, 0.1) is 4.92 Å². The summed E-state index contributed by atoms with van der Waals surface area (Å²) in [6.45, 7) is 0.271. The van der Waals surface area contributed by atoms with Crippen LogP contribution in [0.2, 0.25) is 5.02 Å². The summed E-state index contributed by atoms with van der Waals surface area (Å²) in [4.78, 5) is 22.2. The van der Waals surface area contributed by atoms with Crippen LogP contribution >= 0.6 is 22.9 Å². The van der Waals surface area contributed by atoms with Crippen LogP contribution in [-0.2, 0) is 6.42 Å². The number of nitrogens with two attached hydrogens (primary N) is 1. The molecule has 1 aromatic carbocycles. The number of hydrogen-bond donors (Lipinski definition) is 2. The zero-order valence-corrected chi connectivity index (χ0v) is 12.1. The lowest BCUT2D eigenvalue weighted by Gasteiger charge is -2.05. The maximum Gasteiger partial charge on any atom is 0.283 e. The molecule has 0 fully saturated rings. The van der Waals surface area contributed by atoms with Crippen molar-refractivity contribution in [1.82, 2.24) is 15.5 Å². The fraction of sp³-hybridized carbons (Fsp3) is 0.182. The first-order chi connectivity index (χ1) is 9.97. The number of aromatic nitrogens is 2. The van der Waals surface area contributed by atoms with E-state index in [0.29, 0.717) is 16.6 Å². The van der Waals surface area contributed by atoms with Gasteiger partial charge in [0.2, 0.25) is 5.13 Å². The first-order valence-corrected chi connectivity index (χ1v) is 6.97. The highest BCUT2D eigenvalue weighted by Crippen LogP contribution is 2.23. The largest absolute Gasteiger partial charge is 0.374 e. The number of nitrogens with one attached hydrogen (secondary N) is 1. The second kappa shape index (κ2) is 6.46. The predicted molar refractivity (Wildman–Crippen MR) is 78.5 cm³/mol. The lowest BCUT2D eigenvalue weighted by molar-refractivity contribution is -0.385. The zero-order chi connectivity index (χ0) is 15.4. The first-order valence-electron chi connectivity index (χ1n) is 5.77. The van der Waals surface area contributed by atoms with Gasteiger partial charge in [-0.25, -0.2) is 0 Å². The number of rotatable bonds is 5. The molecule has 10 heteroatoms. The maximum atomic E-state index is 12.0. The van der Waals surface area contributed by atoms with E-state index in [-0.39, 0.29) is 22.8 Å². The second-order valence-electron chi connectivity index (χ2n) is 3.96. The van der Waals surface area contributed by atoms with Gasteiger partial charge in [0.1, 0.15) is 10.6 Å². The third-order valence-corrected chi connectivity index (χ3v) is 3.56. The van der Waals surface area contributed by atoms with Gasteiger partial charge in [-0.2, -0.15) is 0 Å². The standard InChI is InChI=1S/C11H10ClN5O3S/c12-6-1-2-7(8(5-6)17(19)20)10(18)14-4-3-9-15-16-11(13)21-9/h1-2,5H,3-4H2,(H2,13,16)(H,14,18). The minimum absolute atomic E-state index is 0.0406. The number of carbonyl (C=O) groups excluding carboxylic acids is 1. The zero-order valence-electron chi connectivity index (χ0n) is 10.6. The molecule has 0 bridgehead atoms. The molecule has 2 aromatic rings. The molecular formula is C11H10ClN5O3S. The van der Waals surface area contributed by atoms with Crippen LogP contribution in [0.25, 0.3) is 0 Å². The Morgan fingerprint density at radius 3 is 2.86 bits per heavy atom. The topological polar surface area (TPSA) is 124 Å². The second-order valence-corrected chi connectivity index (χ2v) is 5.49. The molecule has 0 aliphatic carbocycles. The van der Waals surface area contributed by atoms with Gasteiger partial charge in [0.15, 0.2) is 0 Å². The fourth-order valence-corrected chi connectivity index (χ4v) is 2.37. The SMILES string of the molecule is Nc1nnc(CCNC(=O)c2ccc(Cl)cc2[N+](=O)[O-])s1. The number of hydrogen-bond acceptors (Lipinski definition) is 7. The van der Waals surface area contributed by atoms with Gasteiger partial charge in [-0.1, -0.05) is 22.9 Å². The van der Waals surface area contributed by atoms with Gasteiger partial charge < -0.3 is 11.1 Å². The Kier molecular flexibility index (Phi) is 4.66. The van der Waals surface area contributed by atoms with Crippen LogP contribution in [-0.4, -0.2) is 27.6 Å². The van der Waals surface area contributed by atoms with Gasteiger partial charge in [-0.3, -0.25) is 14.9 Å². The molecule has 8 nitrogen and oxygen atoms in total. The molecule has 1 amide bonds. The molecule has 2 rings (SSSR count). The van der Waals surface area contributed by atoms with Gasteiger partial charge in [0.25, 0.3) is 11.6 Å². The highest BCUT2D eigenvalue weighted by molar-refractivity contribution is 7.15. The Labute approximate surface area is 128 Å². The number of halogens is 1. The number of carbonyl (C=O) groups is 1. The summed E-state index contributed by atoms with van der Waals surface area (Å²) in [6.07, 6.45) is 0.446. The molecule has 1 heterocycles. The lowest BCUT2D eigenvalue weighted by Crippen LogP contribution is -2.26. The third kappa shape index (κ3) is 3.86. The van der Waals surface area contributed by atoms with Gasteiger partial charge in [0, 0.05) is 24.1 Å². The molecule has 110 valence electrons. The van der Waals surface area contributed by atoms with E-state index in [1.165, 1.54) is 23.5 Å². The van der Waals surface area contributed by atoms with Crippen molar-refractivity contribution >= 4 is 39.7 Å². The quantitative estimate of drug-likeness (QED) is 0.635. The Hall–Kier alpha value is -2.26. The van der Waals surface area contributed by atoms with E-state index in [4.69, 9.17) is 17.3 Å². The fourth-order valence-electron chi connectivity index (χ4n) is 1.59. The molecule has 21 heavy (non-hydrogen) atoms. The molecule has 3 N–H and O–H groups in total. The van der Waals surface area contributed by atoms with Crippen LogP contribution in [0.3, 0.4) is 0 Å². The summed E-state index contributed by atoms with van der Waals surface area (Å²) in [5.41, 5.74) is 5.06. The van der Waals surface area contributed by atoms with Gasteiger partial charge in [-0.05, 0) is 12.1 Å². The predicted octanol–water partition coefficient (Wildman–Crippen LogP) is 1.65. The third-order valence-electron chi connectivity index (χ3n) is 2.51. The van der Waals surface area contributed by atoms with E-state index in [1.54, 1.807) is 0 Å². The van der Waals surface area contributed by atoms with Crippen molar-refractivity contribution in [3.05, 3.63) is 43.9 Å². The van der Waals surface area contributed by atoms with Crippen LogP contribution in [0, 0.1) is 10.1 Å². The molecule has 0 atom stereocenters. The number of nitro groups is 1. The van der Waals surface area contributed by atoms with Crippen molar-refractivity contribution in [1.29, 1.82) is 0 Å². The van der Waals surface area contributed by atoms with Crippen molar-refractivity contribution in [3.8, 4) is 0 Å². The molecule has 0 aliphatic rings. The number of nitrogen functional groups attached to an aromatic ring is 1. The van der Waals surface area contributed by atoms with Gasteiger partial charge >= 0.3 is 0 Å². The highest BCUT2D eigenvalue weighted by atomic mass is 35.5. The van der Waals surface area contributed by atoms with E-state index in [0.717, 1.165) is 6.07 Å². The van der Waals surface area contributed by atoms with Crippen LogP contribution in [0.15, 0.2) is 18.2 Å². The molecule has 0 aliphatic heterocycles. The summed E-state index contributed by atoms with van der Waals surface area (Å²) < 4.78 is 0. The maximum absolute atomic E-state index is 12.0. The summed E-state index contributed by atoms with van der Waals surface area (Å²) in [5.74, 6) is -0.546. The van der Waals surface area contributed by atoms with Crippen LogP contribution in [0.4, 0.5) is 10.8 Å². The van der Waals surface area contributed by atoms with E-state index in [1.807, 2.05) is 0 Å². The van der Waals surface area contributed by atoms with E-state index < -0.39 is 10.8 Å². The Balaban J connectivity index is 2.02. The average Bonchev–Trinajstić information content (AvgIpc) is 2.84. The molecule has 0 saturated carbocycles. The number of nitrogens with zero attached hydrogens (tertiary/aromatic N) is 3. The van der Waals surface area contributed by atoms with E-state index in [9.17, 15) is 14.9 Å². The monoisotopic (exact) mass is 327 g/mol. The van der Waals surface area contributed by atoms with E-state index >= 15 is 0 Å². The minimum Gasteiger partial charge on any atom is -0.374 e. The molecule has 0 unspecified atom stereocenters. The summed E-state index contributed by atoms with van der Waals surface area (Å²) >= 11 is 6.91. The van der Waals surface area contributed by atoms with Crippen molar-refractivity contribution < 1.29 is 9.72 Å². The number of nitro benzene ring substituents is 1. The Bertz CT molecular complexity index is 690. The normalized spacial score (nSPS) is 10.3. The summed E-state index contributed by atoms with van der Waals surface area (Å²) in [6, 6.07) is 3.88. The van der Waals surface area contributed by atoms with Crippen molar-refractivity contribution in [3.63, 3.8) is 0 Å². The van der Waals surface area contributed by atoms with Crippen LogP contribution in [0.5, 0.6) is 0 Å². The lowest BCUT2D eigenvalue weighted by atomic mass is 10.1. The Morgan fingerprint density at radius 1 is 1.48 bits per heavy atom. The minimum atomic E-state index is -0.647. The van der Waals surface area contributed by atoms with E-state index in [2.05, 4.69) is 15.5 Å². The van der Waals surface area contributed by atoms with Crippen LogP contribution < -0.4 is 11.1 Å². The van der Waals surface area contributed by atoms with Crippen LogP contribution in [0.1, 0.15) is 15.4 Å². The molecular weight excluding hydrogens is 318 g/mol. The first kappa shape index (κ1) is 15.1. The van der Waals surface area contributed by atoms with Gasteiger partial charge in [-0.15, -0.1) is 10.2 Å². The molecule has 0 saturated heterocycles. The molecule has 0 radical (unpaired) electrons. The van der Waals surface area contributed by atoms with Crippen molar-refractivity contribution in [2.24, 2.45) is 0 Å². The molecule has 1 aromatic heterocycles. The number of anilines is 1. The molecule has 0 spiro atoms.